The van der Waals surface area contributed by atoms with E-state index in [0.717, 1.165) is 12.8 Å². The molecular weight excluding hydrogens is 312 g/mol. The van der Waals surface area contributed by atoms with Gasteiger partial charge in [0.2, 0.25) is 0 Å². The highest BCUT2D eigenvalue weighted by atomic mass is 17.2. The second kappa shape index (κ2) is 9.99. The summed E-state index contributed by atoms with van der Waals surface area (Å²) in [5.41, 5.74) is -1.15. The van der Waals surface area contributed by atoms with Crippen LogP contribution in [0.15, 0.2) is 0 Å². The molecule has 6 heteroatoms. The molecular formula is C18H34O6. The van der Waals surface area contributed by atoms with Gasteiger partial charge >= 0.3 is 11.9 Å². The van der Waals surface area contributed by atoms with Crippen LogP contribution in [0.5, 0.6) is 0 Å². The number of carbonyl (C=O) groups is 2. The van der Waals surface area contributed by atoms with Gasteiger partial charge in [-0.15, -0.1) is 0 Å². The van der Waals surface area contributed by atoms with Crippen molar-refractivity contribution in [1.82, 2.24) is 0 Å². The number of rotatable bonds is 9. The summed E-state index contributed by atoms with van der Waals surface area (Å²) in [5, 5.41) is 0. The molecule has 0 aromatic carbocycles. The Morgan fingerprint density at radius 2 is 1.33 bits per heavy atom. The highest BCUT2D eigenvalue weighted by Gasteiger charge is 2.29. The Labute approximate surface area is 146 Å². The van der Waals surface area contributed by atoms with E-state index in [1.54, 1.807) is 48.5 Å². The summed E-state index contributed by atoms with van der Waals surface area (Å²) < 4.78 is 0. The lowest BCUT2D eigenvalue weighted by Gasteiger charge is -2.22. The van der Waals surface area contributed by atoms with Gasteiger partial charge in [0.1, 0.15) is 11.2 Å². The standard InChI is InChI=1S/C18H34O6/c1-9-10-11-14(16(20)22-24-18(6,7)8)12-13(2)15(19)21-23-17(3,4)5/h13-14H,9-12H2,1-8H3. The molecule has 0 radical (unpaired) electrons. The highest BCUT2D eigenvalue weighted by Crippen LogP contribution is 2.23. The maximum Gasteiger partial charge on any atom is 0.345 e. The third-order valence-electron chi connectivity index (χ3n) is 3.03. The molecule has 24 heavy (non-hydrogen) atoms. The summed E-state index contributed by atoms with van der Waals surface area (Å²) >= 11 is 0. The Morgan fingerprint density at radius 1 is 0.875 bits per heavy atom. The van der Waals surface area contributed by atoms with Crippen molar-refractivity contribution >= 4 is 11.9 Å². The normalized spacial score (nSPS) is 14.8. The van der Waals surface area contributed by atoms with Gasteiger partial charge in [-0.3, -0.25) is 9.78 Å². The predicted molar refractivity (Wildman–Crippen MR) is 90.7 cm³/mol. The van der Waals surface area contributed by atoms with Crippen LogP contribution in [0.25, 0.3) is 0 Å². The van der Waals surface area contributed by atoms with E-state index in [-0.39, 0.29) is 0 Å². The molecule has 0 aliphatic heterocycles. The molecule has 0 bridgehead atoms. The van der Waals surface area contributed by atoms with Gasteiger partial charge in [0.25, 0.3) is 0 Å². The first-order valence-corrected chi connectivity index (χ1v) is 8.64. The quantitative estimate of drug-likeness (QED) is 0.456. The lowest BCUT2D eigenvalue weighted by Crippen LogP contribution is -2.29. The number of carbonyl (C=O) groups excluding carboxylic acids is 2. The Balaban J connectivity index is 4.64. The van der Waals surface area contributed by atoms with Crippen LogP contribution in [-0.2, 0) is 29.1 Å². The van der Waals surface area contributed by atoms with E-state index in [1.165, 1.54) is 0 Å². The zero-order valence-electron chi connectivity index (χ0n) is 16.4. The topological polar surface area (TPSA) is 71.1 Å². The van der Waals surface area contributed by atoms with Crippen LogP contribution in [0.2, 0.25) is 0 Å². The van der Waals surface area contributed by atoms with Gasteiger partial charge in [-0.05, 0) is 54.4 Å². The van der Waals surface area contributed by atoms with Crippen molar-refractivity contribution in [2.24, 2.45) is 11.8 Å². The first kappa shape index (κ1) is 22.9. The van der Waals surface area contributed by atoms with Crippen molar-refractivity contribution in [3.05, 3.63) is 0 Å². The van der Waals surface area contributed by atoms with Gasteiger partial charge in [0.05, 0.1) is 11.8 Å². The molecule has 0 aromatic heterocycles. The van der Waals surface area contributed by atoms with Crippen LogP contribution in [0.1, 0.15) is 81.1 Å². The van der Waals surface area contributed by atoms with E-state index in [2.05, 4.69) is 0 Å². The smallest absolute Gasteiger partial charge is 0.298 e. The zero-order chi connectivity index (χ0) is 19.0. The fraction of sp³-hybridized carbons (Fsp3) is 0.889. The Hall–Kier alpha value is -1.14. The van der Waals surface area contributed by atoms with Crippen molar-refractivity contribution in [3.63, 3.8) is 0 Å². The summed E-state index contributed by atoms with van der Waals surface area (Å²) in [6, 6.07) is 0. The summed E-state index contributed by atoms with van der Waals surface area (Å²) in [5.74, 6) is -1.83. The molecule has 142 valence electrons. The minimum absolute atomic E-state index is 0.332. The molecule has 0 heterocycles. The molecule has 0 saturated heterocycles. The highest BCUT2D eigenvalue weighted by molar-refractivity contribution is 5.75. The first-order chi connectivity index (χ1) is 10.9. The third-order valence-corrected chi connectivity index (χ3v) is 3.03. The largest absolute Gasteiger partial charge is 0.345 e. The summed E-state index contributed by atoms with van der Waals surface area (Å²) in [6.45, 7) is 14.5. The molecule has 0 saturated carbocycles. The fourth-order valence-electron chi connectivity index (χ4n) is 1.79. The Kier molecular flexibility index (Phi) is 9.51. The van der Waals surface area contributed by atoms with E-state index in [0.29, 0.717) is 12.8 Å². The van der Waals surface area contributed by atoms with E-state index < -0.39 is 35.0 Å². The van der Waals surface area contributed by atoms with Crippen LogP contribution >= 0.6 is 0 Å². The number of hydrogen-bond acceptors (Lipinski definition) is 6. The van der Waals surface area contributed by atoms with Crippen LogP contribution in [0.3, 0.4) is 0 Å². The van der Waals surface area contributed by atoms with E-state index in [4.69, 9.17) is 19.6 Å². The molecule has 0 aliphatic carbocycles. The van der Waals surface area contributed by atoms with Crippen LogP contribution in [0, 0.1) is 11.8 Å². The second-order valence-electron chi connectivity index (χ2n) is 8.17. The molecule has 0 rings (SSSR count). The molecule has 0 N–H and O–H groups in total. The van der Waals surface area contributed by atoms with Gasteiger partial charge in [-0.2, -0.15) is 9.78 Å². The van der Waals surface area contributed by atoms with Crippen molar-refractivity contribution in [2.75, 3.05) is 0 Å². The van der Waals surface area contributed by atoms with Crippen molar-refractivity contribution < 1.29 is 29.1 Å². The zero-order valence-corrected chi connectivity index (χ0v) is 16.4. The van der Waals surface area contributed by atoms with Gasteiger partial charge < -0.3 is 0 Å². The molecule has 0 fully saturated rings. The maximum atomic E-state index is 12.2. The van der Waals surface area contributed by atoms with Gasteiger partial charge in [0.15, 0.2) is 0 Å². The SMILES string of the molecule is CCCCC(CC(C)C(=O)OOC(C)(C)C)C(=O)OOC(C)(C)C. The molecule has 0 spiro atoms. The van der Waals surface area contributed by atoms with Crippen molar-refractivity contribution in [3.8, 4) is 0 Å². The number of hydrogen-bond donors (Lipinski definition) is 0. The minimum Gasteiger partial charge on any atom is -0.298 e. The van der Waals surface area contributed by atoms with Crippen LogP contribution < -0.4 is 0 Å². The van der Waals surface area contributed by atoms with E-state index >= 15 is 0 Å². The summed E-state index contributed by atoms with van der Waals surface area (Å²) in [4.78, 5) is 44.2. The van der Waals surface area contributed by atoms with Crippen molar-refractivity contribution in [1.29, 1.82) is 0 Å². The summed E-state index contributed by atoms with van der Waals surface area (Å²) in [6.07, 6.45) is 2.80. The summed E-state index contributed by atoms with van der Waals surface area (Å²) in [7, 11) is 0. The lowest BCUT2D eigenvalue weighted by atomic mass is 9.91. The first-order valence-electron chi connectivity index (χ1n) is 8.64. The predicted octanol–water partition coefficient (Wildman–Crippen LogP) is 4.37. The van der Waals surface area contributed by atoms with E-state index in [1.807, 2.05) is 6.92 Å². The average molecular weight is 346 g/mol. The van der Waals surface area contributed by atoms with Gasteiger partial charge in [-0.25, -0.2) is 9.59 Å². The molecule has 2 unspecified atom stereocenters. The molecule has 0 aliphatic rings. The van der Waals surface area contributed by atoms with Crippen LogP contribution in [-0.4, -0.2) is 23.1 Å². The fourth-order valence-corrected chi connectivity index (χ4v) is 1.79. The molecule has 6 nitrogen and oxygen atoms in total. The average Bonchev–Trinajstić information content (AvgIpc) is 2.44. The number of unbranched alkanes of at least 4 members (excludes halogenated alkanes) is 1. The monoisotopic (exact) mass is 346 g/mol. The lowest BCUT2D eigenvalue weighted by molar-refractivity contribution is -0.325. The third kappa shape index (κ3) is 11.4. The van der Waals surface area contributed by atoms with Gasteiger partial charge in [0, 0.05) is 0 Å². The van der Waals surface area contributed by atoms with Crippen molar-refractivity contribution in [2.45, 2.75) is 92.3 Å². The Morgan fingerprint density at radius 3 is 1.75 bits per heavy atom. The van der Waals surface area contributed by atoms with E-state index in [9.17, 15) is 9.59 Å². The maximum absolute atomic E-state index is 12.2. The second-order valence-corrected chi connectivity index (χ2v) is 8.17. The minimum atomic E-state index is -0.573. The van der Waals surface area contributed by atoms with Crippen LogP contribution in [0.4, 0.5) is 0 Å². The molecule has 0 aromatic rings. The Bertz CT molecular complexity index is 391. The molecule has 0 amide bonds. The van der Waals surface area contributed by atoms with Gasteiger partial charge in [-0.1, -0.05) is 26.7 Å². The molecule has 2 atom stereocenters.